The monoisotopic (exact) mass is 576 g/mol. The molecule has 0 radical (unpaired) electrons. The van der Waals surface area contributed by atoms with E-state index in [-0.39, 0.29) is 12.0 Å². The van der Waals surface area contributed by atoms with E-state index in [1.54, 1.807) is 14.2 Å². The summed E-state index contributed by atoms with van der Waals surface area (Å²) in [7, 11) is 5.63. The number of benzene rings is 2. The second-order valence-corrected chi connectivity index (χ2v) is 11.9. The molecule has 0 spiro atoms. The second kappa shape index (κ2) is 14.5. The van der Waals surface area contributed by atoms with Crippen molar-refractivity contribution in [1.29, 1.82) is 0 Å². The molecular weight excluding hydrogens is 528 g/mol. The van der Waals surface area contributed by atoms with Crippen LogP contribution in [-0.2, 0) is 33.6 Å². The summed E-state index contributed by atoms with van der Waals surface area (Å²) in [6.45, 7) is 7.31. The van der Waals surface area contributed by atoms with Crippen LogP contribution in [0.15, 0.2) is 66.1 Å². The van der Waals surface area contributed by atoms with Gasteiger partial charge in [0.15, 0.2) is 11.5 Å². The van der Waals surface area contributed by atoms with Gasteiger partial charge in [-0.25, -0.2) is 0 Å². The van der Waals surface area contributed by atoms with Crippen LogP contribution in [-0.4, -0.2) is 81.2 Å². The van der Waals surface area contributed by atoms with Crippen LogP contribution in [0.2, 0.25) is 0 Å². The van der Waals surface area contributed by atoms with Crippen molar-refractivity contribution in [2.45, 2.75) is 57.7 Å². The molecule has 2 aromatic carbocycles. The number of likely N-dealkylation sites (N-methyl/N-ethyl adjacent to an activating group) is 2. The first-order chi connectivity index (χ1) is 20.5. The van der Waals surface area contributed by atoms with Gasteiger partial charge in [-0.2, -0.15) is 0 Å². The lowest BCUT2D eigenvalue weighted by molar-refractivity contribution is 0.0392. The van der Waals surface area contributed by atoms with Crippen molar-refractivity contribution in [3.05, 3.63) is 82.8 Å². The first-order valence-electron chi connectivity index (χ1n) is 15.6. The fourth-order valence-corrected chi connectivity index (χ4v) is 6.87. The molecule has 2 unspecified atom stereocenters. The third-order valence-electron chi connectivity index (χ3n) is 9.41. The SMILES string of the molecule is CCN(Cc1ccc(OCCN(C)C2CCOCC2)cc1)C1C=C(OC)C(OC)=CC1[C@@H]1CCc2cc(O)ccc2C1. The molecule has 3 atom stereocenters. The molecule has 3 aliphatic rings. The van der Waals surface area contributed by atoms with Gasteiger partial charge in [-0.3, -0.25) is 9.80 Å². The van der Waals surface area contributed by atoms with Gasteiger partial charge in [-0.15, -0.1) is 0 Å². The van der Waals surface area contributed by atoms with E-state index in [9.17, 15) is 5.11 Å². The third-order valence-corrected chi connectivity index (χ3v) is 9.41. The zero-order valence-corrected chi connectivity index (χ0v) is 25.8. The minimum Gasteiger partial charge on any atom is -0.508 e. The fourth-order valence-electron chi connectivity index (χ4n) is 6.87. The van der Waals surface area contributed by atoms with Crippen molar-refractivity contribution >= 4 is 0 Å². The van der Waals surface area contributed by atoms with Crippen LogP contribution in [0.3, 0.4) is 0 Å². The smallest absolute Gasteiger partial charge is 0.158 e. The zero-order valence-electron chi connectivity index (χ0n) is 25.8. The number of aryl methyl sites for hydroxylation is 1. The van der Waals surface area contributed by atoms with Gasteiger partial charge in [-0.05, 0) is 105 Å². The Bertz CT molecular complexity index is 1220. The molecule has 1 saturated heterocycles. The highest BCUT2D eigenvalue weighted by molar-refractivity contribution is 5.38. The highest BCUT2D eigenvalue weighted by Crippen LogP contribution is 2.39. The minimum atomic E-state index is 0.184. The van der Waals surface area contributed by atoms with Crippen LogP contribution >= 0.6 is 0 Å². The Kier molecular flexibility index (Phi) is 10.5. The van der Waals surface area contributed by atoms with Gasteiger partial charge in [0.2, 0.25) is 0 Å². The molecule has 2 aliphatic carbocycles. The van der Waals surface area contributed by atoms with Gasteiger partial charge in [-0.1, -0.05) is 25.1 Å². The van der Waals surface area contributed by atoms with Crippen LogP contribution in [0.5, 0.6) is 11.5 Å². The Labute approximate surface area is 251 Å². The number of fused-ring (bicyclic) bond motifs is 1. The fraction of sp³-hybridized carbons (Fsp3) is 0.543. The number of aromatic hydroxyl groups is 1. The molecule has 1 N–H and O–H groups in total. The predicted octanol–water partition coefficient (Wildman–Crippen LogP) is 5.57. The molecule has 0 amide bonds. The maximum atomic E-state index is 9.98. The Morgan fingerprint density at radius 3 is 2.38 bits per heavy atom. The number of rotatable bonds is 12. The van der Waals surface area contributed by atoms with Gasteiger partial charge < -0.3 is 24.1 Å². The van der Waals surface area contributed by atoms with Gasteiger partial charge >= 0.3 is 0 Å². The van der Waals surface area contributed by atoms with E-state index in [0.29, 0.717) is 24.3 Å². The summed E-state index contributed by atoms with van der Waals surface area (Å²) in [5, 5.41) is 9.98. The van der Waals surface area contributed by atoms with Crippen LogP contribution in [0.1, 0.15) is 42.9 Å². The molecule has 1 fully saturated rings. The summed E-state index contributed by atoms with van der Waals surface area (Å²) >= 11 is 0. The molecule has 0 aromatic heterocycles. The summed E-state index contributed by atoms with van der Waals surface area (Å²) in [6, 6.07) is 15.2. The molecule has 2 aromatic rings. The molecule has 0 saturated carbocycles. The van der Waals surface area contributed by atoms with Crippen LogP contribution in [0.4, 0.5) is 0 Å². The molecular formula is C35H48N2O5. The van der Waals surface area contributed by atoms with E-state index in [0.717, 1.165) is 82.2 Å². The third kappa shape index (κ3) is 7.31. The number of methoxy groups -OCH3 is 2. The van der Waals surface area contributed by atoms with Crippen LogP contribution < -0.4 is 4.74 Å². The Morgan fingerprint density at radius 1 is 0.929 bits per heavy atom. The molecule has 1 heterocycles. The Hall–Kier alpha value is -3.00. The lowest BCUT2D eigenvalue weighted by Gasteiger charge is -2.41. The standard InChI is InChI=1S/C35H48N2O5/c1-5-37(24-25-6-12-31(13-7-25)42-19-16-36(2)29-14-17-41-18-15-29)33-23-35(40-4)34(39-3)22-32(33)28-9-8-27-21-30(38)11-10-26(27)20-28/h6-7,10-13,21-23,28-29,32-33,38H,5,8-9,14-20,24H2,1-4H3/t28-,32?,33?/m1/s1. The molecule has 1 aliphatic heterocycles. The Morgan fingerprint density at radius 2 is 1.67 bits per heavy atom. The van der Waals surface area contributed by atoms with E-state index in [2.05, 4.69) is 66.3 Å². The number of ether oxygens (including phenoxy) is 4. The van der Waals surface area contributed by atoms with Crippen molar-refractivity contribution in [2.75, 3.05) is 54.2 Å². The molecule has 228 valence electrons. The summed E-state index contributed by atoms with van der Waals surface area (Å²) in [4.78, 5) is 4.94. The average molecular weight is 577 g/mol. The number of phenols is 1. The number of phenolic OH excluding ortho intramolecular Hbond substituents is 1. The molecule has 5 rings (SSSR count). The van der Waals surface area contributed by atoms with E-state index >= 15 is 0 Å². The van der Waals surface area contributed by atoms with Crippen molar-refractivity contribution in [3.63, 3.8) is 0 Å². The topological polar surface area (TPSA) is 63.6 Å². The van der Waals surface area contributed by atoms with Crippen molar-refractivity contribution in [2.24, 2.45) is 11.8 Å². The van der Waals surface area contributed by atoms with E-state index in [4.69, 9.17) is 18.9 Å². The predicted molar refractivity (Wildman–Crippen MR) is 166 cm³/mol. The summed E-state index contributed by atoms with van der Waals surface area (Å²) in [5.74, 6) is 3.64. The van der Waals surface area contributed by atoms with Crippen molar-refractivity contribution in [3.8, 4) is 11.5 Å². The van der Waals surface area contributed by atoms with E-state index in [1.807, 2.05) is 12.1 Å². The maximum absolute atomic E-state index is 9.98. The van der Waals surface area contributed by atoms with E-state index < -0.39 is 0 Å². The lowest BCUT2D eigenvalue weighted by atomic mass is 9.72. The van der Waals surface area contributed by atoms with Gasteiger partial charge in [0.25, 0.3) is 0 Å². The van der Waals surface area contributed by atoms with Gasteiger partial charge in [0.05, 0.1) is 14.2 Å². The highest BCUT2D eigenvalue weighted by Gasteiger charge is 2.37. The zero-order chi connectivity index (χ0) is 29.5. The van der Waals surface area contributed by atoms with Gasteiger partial charge in [0.1, 0.15) is 18.1 Å². The molecule has 42 heavy (non-hydrogen) atoms. The maximum Gasteiger partial charge on any atom is 0.158 e. The largest absolute Gasteiger partial charge is 0.508 e. The highest BCUT2D eigenvalue weighted by atomic mass is 16.5. The molecule has 7 nitrogen and oxygen atoms in total. The first-order valence-corrected chi connectivity index (χ1v) is 15.6. The summed E-state index contributed by atoms with van der Waals surface area (Å²) in [5.41, 5.74) is 3.88. The van der Waals surface area contributed by atoms with Crippen molar-refractivity contribution in [1.82, 2.24) is 9.80 Å². The second-order valence-electron chi connectivity index (χ2n) is 11.9. The van der Waals surface area contributed by atoms with Crippen molar-refractivity contribution < 1.29 is 24.1 Å². The minimum absolute atomic E-state index is 0.184. The quantitative estimate of drug-likeness (QED) is 0.355. The number of hydrogen-bond donors (Lipinski definition) is 1. The molecule has 0 bridgehead atoms. The summed E-state index contributed by atoms with van der Waals surface area (Å²) in [6.07, 6.45) is 9.80. The first kappa shape index (κ1) is 30.5. The normalized spacial score (nSPS) is 22.9. The average Bonchev–Trinajstić information content (AvgIpc) is 3.03. The van der Waals surface area contributed by atoms with E-state index in [1.165, 1.54) is 16.7 Å². The van der Waals surface area contributed by atoms with Crippen LogP contribution in [0.25, 0.3) is 0 Å². The number of hydrogen-bond acceptors (Lipinski definition) is 7. The summed E-state index contributed by atoms with van der Waals surface area (Å²) < 4.78 is 23.1. The Balaban J connectivity index is 1.25. The molecule has 7 heteroatoms. The van der Waals surface area contributed by atoms with Gasteiger partial charge in [0, 0.05) is 44.3 Å². The number of nitrogens with zero attached hydrogens (tertiary/aromatic N) is 2. The lowest BCUT2D eigenvalue weighted by Crippen LogP contribution is -2.44. The van der Waals surface area contributed by atoms with Crippen LogP contribution in [0, 0.1) is 11.8 Å².